The van der Waals surface area contributed by atoms with Gasteiger partial charge in [-0.2, -0.15) is 0 Å². The first kappa shape index (κ1) is 16.8. The van der Waals surface area contributed by atoms with Crippen LogP contribution in [0.25, 0.3) is 0 Å². The van der Waals surface area contributed by atoms with Crippen LogP contribution in [0.4, 0.5) is 9.18 Å². The molecule has 2 aliphatic rings. The Morgan fingerprint density at radius 1 is 1.31 bits per heavy atom. The molecule has 2 amide bonds. The van der Waals surface area contributed by atoms with Crippen LogP contribution in [-0.2, 0) is 19.5 Å². The Hall–Kier alpha value is -2.64. The van der Waals surface area contributed by atoms with E-state index in [1.54, 1.807) is 11.0 Å². The van der Waals surface area contributed by atoms with E-state index < -0.39 is 0 Å². The quantitative estimate of drug-likeness (QED) is 0.894. The van der Waals surface area contributed by atoms with Crippen molar-refractivity contribution in [3.8, 4) is 5.75 Å². The standard InChI is InChI=1S/C18H22FN5O2/c1-12(17-22-21-16-4-2-3-7-24(16)17)20-18(25)23-8-9-26-15-10-14(19)6-5-13(15)11-23/h5-6,10,12H,2-4,7-9,11H2,1H3,(H,20,25). The molecular weight excluding hydrogens is 337 g/mol. The maximum Gasteiger partial charge on any atom is 0.318 e. The van der Waals surface area contributed by atoms with Gasteiger partial charge in [-0.15, -0.1) is 10.2 Å². The lowest BCUT2D eigenvalue weighted by atomic mass is 10.1. The smallest absolute Gasteiger partial charge is 0.318 e. The summed E-state index contributed by atoms with van der Waals surface area (Å²) in [7, 11) is 0. The highest BCUT2D eigenvalue weighted by Gasteiger charge is 2.25. The Bertz CT molecular complexity index is 822. The predicted octanol–water partition coefficient (Wildman–Crippen LogP) is 2.42. The van der Waals surface area contributed by atoms with Crippen molar-refractivity contribution in [1.82, 2.24) is 25.0 Å². The molecular formula is C18H22FN5O2. The minimum Gasteiger partial charge on any atom is -0.491 e. The van der Waals surface area contributed by atoms with Crippen LogP contribution < -0.4 is 10.1 Å². The number of amides is 2. The molecule has 1 atom stereocenters. The Kier molecular flexibility index (Phi) is 4.48. The van der Waals surface area contributed by atoms with Gasteiger partial charge in [0.2, 0.25) is 0 Å². The molecule has 3 heterocycles. The van der Waals surface area contributed by atoms with Crippen LogP contribution in [0.5, 0.6) is 5.75 Å². The van der Waals surface area contributed by atoms with Crippen LogP contribution in [0.15, 0.2) is 18.2 Å². The number of carbonyl (C=O) groups excluding carboxylic acids is 1. The Balaban J connectivity index is 1.46. The number of nitrogens with zero attached hydrogens (tertiary/aromatic N) is 4. The van der Waals surface area contributed by atoms with E-state index in [2.05, 4.69) is 20.1 Å². The van der Waals surface area contributed by atoms with Crippen molar-refractivity contribution >= 4 is 6.03 Å². The number of ether oxygens (including phenoxy) is 1. The lowest BCUT2D eigenvalue weighted by Gasteiger charge is -2.24. The minimum atomic E-state index is -0.341. The third-order valence-corrected chi connectivity index (χ3v) is 4.91. The topological polar surface area (TPSA) is 72.3 Å². The van der Waals surface area contributed by atoms with E-state index in [0.29, 0.717) is 25.4 Å². The van der Waals surface area contributed by atoms with Gasteiger partial charge in [-0.3, -0.25) is 0 Å². The zero-order valence-corrected chi connectivity index (χ0v) is 14.7. The highest BCUT2D eigenvalue weighted by Crippen LogP contribution is 2.24. The van der Waals surface area contributed by atoms with Gasteiger partial charge in [0.15, 0.2) is 5.82 Å². The van der Waals surface area contributed by atoms with Crippen LogP contribution in [0.2, 0.25) is 0 Å². The largest absolute Gasteiger partial charge is 0.491 e. The molecule has 0 bridgehead atoms. The first-order valence-electron chi connectivity index (χ1n) is 9.00. The fourth-order valence-electron chi connectivity index (χ4n) is 3.51. The first-order chi connectivity index (χ1) is 12.6. The van der Waals surface area contributed by atoms with E-state index >= 15 is 0 Å². The predicted molar refractivity (Wildman–Crippen MR) is 92.2 cm³/mol. The van der Waals surface area contributed by atoms with Gasteiger partial charge >= 0.3 is 6.03 Å². The van der Waals surface area contributed by atoms with E-state index in [-0.39, 0.29) is 17.9 Å². The van der Waals surface area contributed by atoms with Crippen LogP contribution in [0.1, 0.15) is 43.0 Å². The third-order valence-electron chi connectivity index (χ3n) is 4.91. The first-order valence-corrected chi connectivity index (χ1v) is 9.00. The highest BCUT2D eigenvalue weighted by molar-refractivity contribution is 5.74. The molecule has 0 aliphatic carbocycles. The van der Waals surface area contributed by atoms with Crippen molar-refractivity contribution < 1.29 is 13.9 Å². The number of benzene rings is 1. The van der Waals surface area contributed by atoms with Gasteiger partial charge in [-0.1, -0.05) is 6.07 Å². The molecule has 0 fully saturated rings. The molecule has 1 N–H and O–H groups in total. The van der Waals surface area contributed by atoms with Crippen LogP contribution >= 0.6 is 0 Å². The summed E-state index contributed by atoms with van der Waals surface area (Å²) in [6.45, 7) is 3.97. The SMILES string of the molecule is CC(NC(=O)N1CCOc2cc(F)ccc2C1)c1nnc2n1CCCC2. The van der Waals surface area contributed by atoms with Gasteiger partial charge in [-0.05, 0) is 25.8 Å². The highest BCUT2D eigenvalue weighted by atomic mass is 19.1. The van der Waals surface area contributed by atoms with Crippen molar-refractivity contribution in [3.05, 3.63) is 41.2 Å². The average molecular weight is 359 g/mol. The van der Waals surface area contributed by atoms with Gasteiger partial charge < -0.3 is 19.5 Å². The molecule has 0 radical (unpaired) electrons. The molecule has 1 aromatic carbocycles. The maximum absolute atomic E-state index is 13.4. The van der Waals surface area contributed by atoms with E-state index in [9.17, 15) is 9.18 Å². The molecule has 26 heavy (non-hydrogen) atoms. The molecule has 0 saturated heterocycles. The number of hydrogen-bond donors (Lipinski definition) is 1. The molecule has 2 aliphatic heterocycles. The monoisotopic (exact) mass is 359 g/mol. The van der Waals surface area contributed by atoms with Crippen molar-refractivity contribution in [2.45, 2.75) is 45.3 Å². The summed E-state index contributed by atoms with van der Waals surface area (Å²) in [4.78, 5) is 14.4. The number of aromatic nitrogens is 3. The van der Waals surface area contributed by atoms with Crippen LogP contribution in [0.3, 0.4) is 0 Å². The molecule has 4 rings (SSSR count). The molecule has 0 spiro atoms. The normalized spacial score (nSPS) is 17.5. The van der Waals surface area contributed by atoms with Crippen molar-refractivity contribution in [2.24, 2.45) is 0 Å². The zero-order valence-electron chi connectivity index (χ0n) is 14.7. The summed E-state index contributed by atoms with van der Waals surface area (Å²) in [5.41, 5.74) is 0.798. The Labute approximate surface area is 151 Å². The Morgan fingerprint density at radius 3 is 3.08 bits per heavy atom. The summed E-state index contributed by atoms with van der Waals surface area (Å²) < 4.78 is 21.0. The lowest BCUT2D eigenvalue weighted by Crippen LogP contribution is -2.42. The van der Waals surface area contributed by atoms with E-state index in [1.165, 1.54) is 12.1 Å². The van der Waals surface area contributed by atoms with Gasteiger partial charge in [0.1, 0.15) is 24.0 Å². The second kappa shape index (κ2) is 6.93. The second-order valence-corrected chi connectivity index (χ2v) is 6.78. The molecule has 0 saturated carbocycles. The second-order valence-electron chi connectivity index (χ2n) is 6.78. The maximum atomic E-state index is 13.4. The summed E-state index contributed by atoms with van der Waals surface area (Å²) in [6, 6.07) is 3.98. The lowest BCUT2D eigenvalue weighted by molar-refractivity contribution is 0.184. The summed E-state index contributed by atoms with van der Waals surface area (Å²) in [5.74, 6) is 1.94. The van der Waals surface area contributed by atoms with Crippen molar-refractivity contribution in [2.75, 3.05) is 13.2 Å². The van der Waals surface area contributed by atoms with Crippen molar-refractivity contribution in [1.29, 1.82) is 0 Å². The van der Waals surface area contributed by atoms with Gasteiger partial charge in [-0.25, -0.2) is 9.18 Å². The molecule has 2 aromatic rings. The summed E-state index contributed by atoms with van der Waals surface area (Å²) >= 11 is 0. The van der Waals surface area contributed by atoms with E-state index in [0.717, 1.165) is 43.0 Å². The minimum absolute atomic E-state index is 0.188. The molecule has 8 heteroatoms. The summed E-state index contributed by atoms with van der Waals surface area (Å²) in [6.07, 6.45) is 3.17. The van der Waals surface area contributed by atoms with Gasteiger partial charge in [0.25, 0.3) is 0 Å². The number of aryl methyl sites for hydroxylation is 1. The molecule has 138 valence electrons. The number of rotatable bonds is 2. The number of urea groups is 1. The fraction of sp³-hybridized carbons (Fsp3) is 0.500. The van der Waals surface area contributed by atoms with Crippen LogP contribution in [-0.4, -0.2) is 38.8 Å². The average Bonchev–Trinajstić information content (AvgIpc) is 2.95. The number of halogens is 1. The Morgan fingerprint density at radius 2 is 2.19 bits per heavy atom. The number of hydrogen-bond acceptors (Lipinski definition) is 4. The van der Waals surface area contributed by atoms with E-state index in [4.69, 9.17) is 4.74 Å². The number of fused-ring (bicyclic) bond motifs is 2. The fourth-order valence-corrected chi connectivity index (χ4v) is 3.51. The number of carbonyl (C=O) groups is 1. The molecule has 7 nitrogen and oxygen atoms in total. The number of nitrogens with one attached hydrogen (secondary N) is 1. The zero-order chi connectivity index (χ0) is 18.1. The van der Waals surface area contributed by atoms with Crippen LogP contribution in [0, 0.1) is 5.82 Å². The molecule has 1 unspecified atom stereocenters. The van der Waals surface area contributed by atoms with Gasteiger partial charge in [0, 0.05) is 24.6 Å². The van der Waals surface area contributed by atoms with E-state index in [1.807, 2.05) is 6.92 Å². The van der Waals surface area contributed by atoms with Crippen molar-refractivity contribution in [3.63, 3.8) is 0 Å². The summed E-state index contributed by atoms with van der Waals surface area (Å²) in [5, 5.41) is 11.5. The third kappa shape index (κ3) is 3.23. The molecule has 1 aromatic heterocycles. The van der Waals surface area contributed by atoms with Gasteiger partial charge in [0.05, 0.1) is 19.1 Å².